The Morgan fingerprint density at radius 1 is 1.44 bits per heavy atom. The van der Waals surface area contributed by atoms with Crippen LogP contribution in [0.25, 0.3) is 0 Å². The van der Waals surface area contributed by atoms with Crippen molar-refractivity contribution in [2.75, 3.05) is 19.0 Å². The quantitative estimate of drug-likeness (QED) is 0.897. The molecule has 2 aliphatic rings. The lowest BCUT2D eigenvalue weighted by Crippen LogP contribution is -2.38. The Labute approximate surface area is 147 Å². The zero-order valence-electron chi connectivity index (χ0n) is 14.8. The minimum absolute atomic E-state index is 0.0163. The molecule has 25 heavy (non-hydrogen) atoms. The van der Waals surface area contributed by atoms with Crippen LogP contribution < -0.4 is 10.2 Å². The number of hydrogen-bond acceptors (Lipinski definition) is 5. The SMILES string of the molecule is CN(C)c1ncc2c(n1)CCC[C@@H]2NC(=O)C1(Cn2cccn2)CC1. The third kappa shape index (κ3) is 3.10. The van der Waals surface area contributed by atoms with Crippen LogP contribution in [-0.2, 0) is 17.8 Å². The Bertz CT molecular complexity index is 766. The smallest absolute Gasteiger partial charge is 0.228 e. The fourth-order valence-corrected chi connectivity index (χ4v) is 3.53. The number of carbonyl (C=O) groups is 1. The maximum atomic E-state index is 12.9. The van der Waals surface area contributed by atoms with Gasteiger partial charge in [0.1, 0.15) is 0 Å². The maximum Gasteiger partial charge on any atom is 0.228 e. The molecule has 7 heteroatoms. The third-order valence-electron chi connectivity index (χ3n) is 5.23. The number of anilines is 1. The number of amides is 1. The summed E-state index contributed by atoms with van der Waals surface area (Å²) in [4.78, 5) is 23.9. The first-order valence-electron chi connectivity index (χ1n) is 8.89. The van der Waals surface area contributed by atoms with Gasteiger partial charge in [-0.05, 0) is 38.2 Å². The number of nitrogens with zero attached hydrogens (tertiary/aromatic N) is 5. The minimum Gasteiger partial charge on any atom is -0.349 e. The molecule has 0 unspecified atom stereocenters. The molecule has 1 atom stereocenters. The van der Waals surface area contributed by atoms with E-state index in [1.165, 1.54) is 0 Å². The Kier molecular flexibility index (Phi) is 3.94. The summed E-state index contributed by atoms with van der Waals surface area (Å²) < 4.78 is 1.86. The number of hydrogen-bond donors (Lipinski definition) is 1. The lowest BCUT2D eigenvalue weighted by molar-refractivity contribution is -0.127. The van der Waals surface area contributed by atoms with E-state index >= 15 is 0 Å². The standard InChI is InChI=1S/C18H24N6O/c1-23(2)17-19-11-13-14(5-3-6-15(13)22-17)21-16(25)18(7-8-18)12-24-10-4-9-20-24/h4,9-11,14H,3,5-8,12H2,1-2H3,(H,21,25)/t14-/m0/s1. The highest BCUT2D eigenvalue weighted by atomic mass is 16.2. The highest BCUT2D eigenvalue weighted by Gasteiger charge is 2.50. The molecule has 2 aliphatic carbocycles. The molecule has 2 aromatic heterocycles. The van der Waals surface area contributed by atoms with Crippen molar-refractivity contribution >= 4 is 11.9 Å². The number of fused-ring (bicyclic) bond motifs is 1. The molecule has 1 fully saturated rings. The van der Waals surface area contributed by atoms with Crippen molar-refractivity contribution in [2.45, 2.75) is 44.7 Å². The second-order valence-corrected chi connectivity index (χ2v) is 7.37. The van der Waals surface area contributed by atoms with Crippen LogP contribution >= 0.6 is 0 Å². The van der Waals surface area contributed by atoms with Gasteiger partial charge in [0.15, 0.2) is 0 Å². The van der Waals surface area contributed by atoms with Crippen LogP contribution in [0.5, 0.6) is 0 Å². The summed E-state index contributed by atoms with van der Waals surface area (Å²) in [6.07, 6.45) is 10.3. The highest BCUT2D eigenvalue weighted by molar-refractivity contribution is 5.85. The first kappa shape index (κ1) is 16.1. The molecule has 1 N–H and O–H groups in total. The van der Waals surface area contributed by atoms with Gasteiger partial charge in [0.25, 0.3) is 0 Å². The average Bonchev–Trinajstić information content (AvgIpc) is 3.21. The minimum atomic E-state index is -0.298. The average molecular weight is 340 g/mol. The van der Waals surface area contributed by atoms with Crippen LogP contribution in [0, 0.1) is 5.41 Å². The second kappa shape index (κ2) is 6.13. The summed E-state index contributed by atoms with van der Waals surface area (Å²) in [7, 11) is 3.88. The molecule has 2 heterocycles. The van der Waals surface area contributed by atoms with Crippen molar-refractivity contribution in [2.24, 2.45) is 5.41 Å². The van der Waals surface area contributed by atoms with E-state index in [-0.39, 0.29) is 17.4 Å². The van der Waals surface area contributed by atoms with E-state index in [2.05, 4.69) is 20.4 Å². The Balaban J connectivity index is 1.49. The van der Waals surface area contributed by atoms with E-state index in [1.807, 2.05) is 42.1 Å². The molecule has 2 aromatic rings. The molecule has 0 saturated heterocycles. The Morgan fingerprint density at radius 3 is 2.96 bits per heavy atom. The number of aryl methyl sites for hydroxylation is 1. The fraction of sp³-hybridized carbons (Fsp3) is 0.556. The first-order valence-corrected chi connectivity index (χ1v) is 8.89. The van der Waals surface area contributed by atoms with Crippen LogP contribution in [0.3, 0.4) is 0 Å². The van der Waals surface area contributed by atoms with Crippen molar-refractivity contribution in [1.82, 2.24) is 25.1 Å². The van der Waals surface area contributed by atoms with Gasteiger partial charge in [-0.3, -0.25) is 9.48 Å². The van der Waals surface area contributed by atoms with E-state index in [4.69, 9.17) is 0 Å². The predicted molar refractivity (Wildman–Crippen MR) is 94.1 cm³/mol. The van der Waals surface area contributed by atoms with Crippen molar-refractivity contribution in [3.8, 4) is 0 Å². The molecule has 1 saturated carbocycles. The van der Waals surface area contributed by atoms with Crippen molar-refractivity contribution in [3.05, 3.63) is 35.9 Å². The van der Waals surface area contributed by atoms with Crippen molar-refractivity contribution in [1.29, 1.82) is 0 Å². The van der Waals surface area contributed by atoms with Crippen molar-refractivity contribution in [3.63, 3.8) is 0 Å². The molecule has 0 aromatic carbocycles. The van der Waals surface area contributed by atoms with Gasteiger partial charge in [0.2, 0.25) is 11.9 Å². The molecule has 0 spiro atoms. The zero-order chi connectivity index (χ0) is 17.4. The molecule has 1 amide bonds. The normalized spacial score (nSPS) is 20.6. The molecule has 0 radical (unpaired) electrons. The summed E-state index contributed by atoms with van der Waals surface area (Å²) in [5.74, 6) is 0.862. The fourth-order valence-electron chi connectivity index (χ4n) is 3.53. The summed E-state index contributed by atoms with van der Waals surface area (Å²) in [5.41, 5.74) is 1.83. The monoisotopic (exact) mass is 340 g/mol. The van der Waals surface area contributed by atoms with E-state index in [0.29, 0.717) is 6.54 Å². The number of rotatable bonds is 5. The van der Waals surface area contributed by atoms with Gasteiger partial charge < -0.3 is 10.2 Å². The molecule has 0 aliphatic heterocycles. The highest BCUT2D eigenvalue weighted by Crippen LogP contribution is 2.48. The number of nitrogens with one attached hydrogen (secondary N) is 1. The van der Waals surface area contributed by atoms with Crippen LogP contribution in [0.2, 0.25) is 0 Å². The van der Waals surface area contributed by atoms with Crippen LogP contribution in [0.1, 0.15) is 43.0 Å². The summed E-state index contributed by atoms with van der Waals surface area (Å²) in [5, 5.41) is 7.51. The van der Waals surface area contributed by atoms with Gasteiger partial charge in [-0.25, -0.2) is 9.97 Å². The van der Waals surface area contributed by atoms with Crippen LogP contribution in [0.15, 0.2) is 24.7 Å². The third-order valence-corrected chi connectivity index (χ3v) is 5.23. The van der Waals surface area contributed by atoms with E-state index < -0.39 is 0 Å². The van der Waals surface area contributed by atoms with Gasteiger partial charge in [-0.15, -0.1) is 0 Å². The second-order valence-electron chi connectivity index (χ2n) is 7.37. The molecule has 132 valence electrons. The van der Waals surface area contributed by atoms with E-state index in [0.717, 1.165) is 49.3 Å². The Hall–Kier alpha value is -2.44. The molecule has 0 bridgehead atoms. The first-order chi connectivity index (χ1) is 12.1. The summed E-state index contributed by atoms with van der Waals surface area (Å²) in [6, 6.07) is 1.91. The zero-order valence-corrected chi connectivity index (χ0v) is 14.8. The van der Waals surface area contributed by atoms with E-state index in [9.17, 15) is 4.79 Å². The summed E-state index contributed by atoms with van der Waals surface area (Å²) >= 11 is 0. The van der Waals surface area contributed by atoms with Gasteiger partial charge >= 0.3 is 0 Å². The topological polar surface area (TPSA) is 75.9 Å². The predicted octanol–water partition coefficient (Wildman–Crippen LogP) is 1.71. The van der Waals surface area contributed by atoms with Gasteiger partial charge in [-0.1, -0.05) is 0 Å². The summed E-state index contributed by atoms with van der Waals surface area (Å²) in [6.45, 7) is 0.654. The molecular weight excluding hydrogens is 316 g/mol. The van der Waals surface area contributed by atoms with Gasteiger partial charge in [-0.2, -0.15) is 5.10 Å². The number of carbonyl (C=O) groups excluding carboxylic acids is 1. The van der Waals surface area contributed by atoms with Crippen molar-refractivity contribution < 1.29 is 4.79 Å². The molecule has 4 rings (SSSR count). The lowest BCUT2D eigenvalue weighted by atomic mass is 9.91. The molecular formula is C18H24N6O. The Morgan fingerprint density at radius 2 is 2.28 bits per heavy atom. The van der Waals surface area contributed by atoms with Crippen LogP contribution in [-0.4, -0.2) is 39.8 Å². The lowest BCUT2D eigenvalue weighted by Gasteiger charge is -2.28. The number of aromatic nitrogens is 4. The maximum absolute atomic E-state index is 12.9. The molecule has 7 nitrogen and oxygen atoms in total. The van der Waals surface area contributed by atoms with Gasteiger partial charge in [0.05, 0.1) is 23.7 Å². The van der Waals surface area contributed by atoms with Gasteiger partial charge in [0, 0.05) is 38.2 Å². The van der Waals surface area contributed by atoms with E-state index in [1.54, 1.807) is 6.20 Å². The van der Waals surface area contributed by atoms with Crippen LogP contribution in [0.4, 0.5) is 5.95 Å². The largest absolute Gasteiger partial charge is 0.349 e.